The molecule has 0 aromatic rings. The van der Waals surface area contributed by atoms with E-state index >= 15 is 0 Å². The lowest BCUT2D eigenvalue weighted by molar-refractivity contribution is -0.142. The fraction of sp³-hybridized carbons (Fsp3) is 0.929. The number of halogens is 1. The number of hydrogen-bond donors (Lipinski definition) is 1. The lowest BCUT2D eigenvalue weighted by Gasteiger charge is -2.37. The molecule has 1 amide bonds. The predicted octanol–water partition coefficient (Wildman–Crippen LogP) is 2.72. The number of nitrogens with two attached hydrogens (primary N) is 1. The number of rotatable bonds is 3. The third kappa shape index (κ3) is 3.00. The highest BCUT2D eigenvalue weighted by Crippen LogP contribution is 2.39. The Morgan fingerprint density at radius 3 is 2.22 bits per heavy atom. The molecule has 2 aliphatic rings. The van der Waals surface area contributed by atoms with E-state index in [0.717, 1.165) is 12.8 Å². The number of nitrogens with zero attached hydrogens (tertiary/aromatic N) is 1. The standard InChI is InChI=1S/C14H26N2O.ClH/c1-16(12-7-3-2-4-8-12)13(17)14(11-15)9-5-6-10-14;/h12H,2-11,15H2,1H3;1H. The normalized spacial score (nSPS) is 23.4. The van der Waals surface area contributed by atoms with Gasteiger partial charge in [0.05, 0.1) is 5.41 Å². The van der Waals surface area contributed by atoms with Crippen LogP contribution in [0.3, 0.4) is 0 Å². The molecule has 18 heavy (non-hydrogen) atoms. The van der Waals surface area contributed by atoms with E-state index in [2.05, 4.69) is 0 Å². The fourth-order valence-electron chi connectivity index (χ4n) is 3.57. The Kier molecular flexibility index (Phi) is 5.93. The summed E-state index contributed by atoms with van der Waals surface area (Å²) in [6.45, 7) is 0.531. The monoisotopic (exact) mass is 274 g/mol. The molecule has 0 radical (unpaired) electrons. The van der Waals surface area contributed by atoms with Gasteiger partial charge < -0.3 is 10.6 Å². The van der Waals surface area contributed by atoms with E-state index in [1.807, 2.05) is 11.9 Å². The van der Waals surface area contributed by atoms with Crippen LogP contribution in [-0.4, -0.2) is 30.4 Å². The molecule has 0 spiro atoms. The van der Waals surface area contributed by atoms with Crippen molar-refractivity contribution in [3.05, 3.63) is 0 Å². The first-order valence-corrected chi connectivity index (χ1v) is 7.17. The first-order valence-electron chi connectivity index (χ1n) is 7.17. The molecular weight excluding hydrogens is 248 g/mol. The fourth-order valence-corrected chi connectivity index (χ4v) is 3.57. The highest BCUT2D eigenvalue weighted by molar-refractivity contribution is 5.85. The van der Waals surface area contributed by atoms with Crippen LogP contribution in [-0.2, 0) is 4.79 Å². The van der Waals surface area contributed by atoms with E-state index in [4.69, 9.17) is 5.73 Å². The van der Waals surface area contributed by atoms with Gasteiger partial charge in [0, 0.05) is 19.6 Å². The molecule has 4 heteroatoms. The van der Waals surface area contributed by atoms with Gasteiger partial charge in [-0.25, -0.2) is 0 Å². The van der Waals surface area contributed by atoms with Gasteiger partial charge in [0.25, 0.3) is 0 Å². The summed E-state index contributed by atoms with van der Waals surface area (Å²) >= 11 is 0. The van der Waals surface area contributed by atoms with E-state index in [9.17, 15) is 4.79 Å². The Hall–Kier alpha value is -0.280. The lowest BCUT2D eigenvalue weighted by atomic mass is 9.83. The minimum absolute atomic E-state index is 0. The minimum Gasteiger partial charge on any atom is -0.342 e. The van der Waals surface area contributed by atoms with E-state index in [1.54, 1.807) is 0 Å². The van der Waals surface area contributed by atoms with Gasteiger partial charge in [-0.05, 0) is 25.7 Å². The van der Waals surface area contributed by atoms with Crippen LogP contribution in [0.15, 0.2) is 0 Å². The highest BCUT2D eigenvalue weighted by Gasteiger charge is 2.42. The maximum atomic E-state index is 12.6. The molecule has 2 N–H and O–H groups in total. The molecule has 0 unspecified atom stereocenters. The smallest absolute Gasteiger partial charge is 0.230 e. The van der Waals surface area contributed by atoms with Crippen LogP contribution in [0.4, 0.5) is 0 Å². The van der Waals surface area contributed by atoms with Gasteiger partial charge in [0.2, 0.25) is 5.91 Å². The molecular formula is C14H27ClN2O. The second-order valence-corrected chi connectivity index (χ2v) is 5.90. The molecule has 0 heterocycles. The number of carbonyl (C=O) groups is 1. The van der Waals surface area contributed by atoms with Gasteiger partial charge >= 0.3 is 0 Å². The second-order valence-electron chi connectivity index (χ2n) is 5.90. The molecule has 0 aromatic carbocycles. The molecule has 2 aliphatic carbocycles. The molecule has 0 bridgehead atoms. The highest BCUT2D eigenvalue weighted by atomic mass is 35.5. The zero-order valence-corrected chi connectivity index (χ0v) is 12.3. The topological polar surface area (TPSA) is 46.3 Å². The quantitative estimate of drug-likeness (QED) is 0.860. The van der Waals surface area contributed by atoms with E-state index in [1.165, 1.54) is 44.9 Å². The van der Waals surface area contributed by atoms with Gasteiger partial charge in [-0.15, -0.1) is 12.4 Å². The summed E-state index contributed by atoms with van der Waals surface area (Å²) in [5, 5.41) is 0. The molecule has 3 nitrogen and oxygen atoms in total. The van der Waals surface area contributed by atoms with Crippen LogP contribution in [0, 0.1) is 5.41 Å². The van der Waals surface area contributed by atoms with Crippen molar-refractivity contribution in [3.8, 4) is 0 Å². The summed E-state index contributed by atoms with van der Waals surface area (Å²) in [4.78, 5) is 14.7. The first-order chi connectivity index (χ1) is 8.19. The van der Waals surface area contributed by atoms with Crippen LogP contribution >= 0.6 is 12.4 Å². The number of hydrogen-bond acceptors (Lipinski definition) is 2. The molecule has 0 aromatic heterocycles. The lowest BCUT2D eigenvalue weighted by Crippen LogP contribution is -2.49. The van der Waals surface area contributed by atoms with Crippen LogP contribution in [0.5, 0.6) is 0 Å². The molecule has 0 saturated heterocycles. The number of carbonyl (C=O) groups excluding carboxylic acids is 1. The third-order valence-corrected chi connectivity index (χ3v) is 4.85. The Balaban J connectivity index is 0.00000162. The Labute approximate surface area is 117 Å². The zero-order valence-electron chi connectivity index (χ0n) is 11.5. The van der Waals surface area contributed by atoms with Crippen molar-refractivity contribution in [3.63, 3.8) is 0 Å². The average Bonchev–Trinajstić information content (AvgIpc) is 2.88. The maximum Gasteiger partial charge on any atom is 0.230 e. The molecule has 2 rings (SSSR count). The Morgan fingerprint density at radius 2 is 1.72 bits per heavy atom. The summed E-state index contributed by atoms with van der Waals surface area (Å²) in [6.07, 6.45) is 10.6. The SMILES string of the molecule is CN(C(=O)C1(CN)CCCC1)C1CCCCC1.Cl. The molecule has 0 atom stereocenters. The summed E-state index contributed by atoms with van der Waals surface area (Å²) in [6, 6.07) is 0.472. The van der Waals surface area contributed by atoms with Crippen molar-refractivity contribution in [1.82, 2.24) is 4.90 Å². The Morgan fingerprint density at radius 1 is 1.17 bits per heavy atom. The third-order valence-electron chi connectivity index (χ3n) is 4.85. The molecule has 2 fully saturated rings. The van der Waals surface area contributed by atoms with E-state index in [0.29, 0.717) is 18.5 Å². The molecule has 106 valence electrons. The largest absolute Gasteiger partial charge is 0.342 e. The van der Waals surface area contributed by atoms with E-state index in [-0.39, 0.29) is 17.8 Å². The maximum absolute atomic E-state index is 12.6. The minimum atomic E-state index is -0.216. The average molecular weight is 275 g/mol. The van der Waals surface area contributed by atoms with Crippen LogP contribution in [0.1, 0.15) is 57.8 Å². The van der Waals surface area contributed by atoms with Crippen LogP contribution in [0.2, 0.25) is 0 Å². The van der Waals surface area contributed by atoms with Crippen molar-refractivity contribution in [2.75, 3.05) is 13.6 Å². The van der Waals surface area contributed by atoms with Crippen molar-refractivity contribution in [1.29, 1.82) is 0 Å². The Bertz CT molecular complexity index is 271. The van der Waals surface area contributed by atoms with Gasteiger partial charge in [-0.1, -0.05) is 32.1 Å². The summed E-state index contributed by atoms with van der Waals surface area (Å²) in [7, 11) is 1.99. The first kappa shape index (κ1) is 15.8. The molecule has 2 saturated carbocycles. The van der Waals surface area contributed by atoms with Crippen molar-refractivity contribution >= 4 is 18.3 Å². The van der Waals surface area contributed by atoms with Crippen LogP contribution < -0.4 is 5.73 Å². The van der Waals surface area contributed by atoms with Gasteiger partial charge in [-0.3, -0.25) is 4.79 Å². The van der Waals surface area contributed by atoms with Crippen molar-refractivity contribution in [2.45, 2.75) is 63.8 Å². The van der Waals surface area contributed by atoms with Gasteiger partial charge in [0.1, 0.15) is 0 Å². The van der Waals surface area contributed by atoms with Gasteiger partial charge in [-0.2, -0.15) is 0 Å². The van der Waals surface area contributed by atoms with Crippen molar-refractivity contribution < 1.29 is 4.79 Å². The van der Waals surface area contributed by atoms with E-state index < -0.39 is 0 Å². The van der Waals surface area contributed by atoms with Crippen molar-refractivity contribution in [2.24, 2.45) is 11.1 Å². The summed E-state index contributed by atoms with van der Waals surface area (Å²) < 4.78 is 0. The van der Waals surface area contributed by atoms with Crippen LogP contribution in [0.25, 0.3) is 0 Å². The second kappa shape index (κ2) is 6.76. The number of amides is 1. The summed E-state index contributed by atoms with van der Waals surface area (Å²) in [5.41, 5.74) is 5.67. The predicted molar refractivity (Wildman–Crippen MR) is 76.8 cm³/mol. The zero-order chi connectivity index (χ0) is 12.3. The summed E-state index contributed by atoms with van der Waals surface area (Å²) in [5.74, 6) is 0.324. The molecule has 0 aliphatic heterocycles. The van der Waals surface area contributed by atoms with Gasteiger partial charge in [0.15, 0.2) is 0 Å².